The first-order valence-corrected chi connectivity index (χ1v) is 6.69. The van der Waals surface area contributed by atoms with E-state index >= 15 is 0 Å². The van der Waals surface area contributed by atoms with Gasteiger partial charge in [0.05, 0.1) is 19.8 Å². The number of benzene rings is 1. The summed E-state index contributed by atoms with van der Waals surface area (Å²) in [7, 11) is 1.65. The summed E-state index contributed by atoms with van der Waals surface area (Å²) in [4.78, 5) is 0. The van der Waals surface area contributed by atoms with Gasteiger partial charge >= 0.3 is 0 Å². The molecule has 0 amide bonds. The van der Waals surface area contributed by atoms with Crippen LogP contribution in [-0.4, -0.2) is 24.9 Å². The van der Waals surface area contributed by atoms with Gasteiger partial charge in [-0.3, -0.25) is 0 Å². The number of aliphatic hydroxyl groups is 1. The Hall–Kier alpha value is -1.32. The van der Waals surface area contributed by atoms with Gasteiger partial charge in [0.2, 0.25) is 0 Å². The van der Waals surface area contributed by atoms with E-state index in [1.54, 1.807) is 7.11 Å². The van der Waals surface area contributed by atoms with Crippen LogP contribution in [0.5, 0.6) is 5.75 Å². The van der Waals surface area contributed by atoms with Crippen molar-refractivity contribution in [1.29, 1.82) is 0 Å². The third-order valence-corrected chi connectivity index (χ3v) is 3.09. The van der Waals surface area contributed by atoms with E-state index in [0.717, 1.165) is 11.3 Å². The van der Waals surface area contributed by atoms with Gasteiger partial charge in [-0.05, 0) is 31.0 Å². The van der Waals surface area contributed by atoms with E-state index in [2.05, 4.69) is 0 Å². The van der Waals surface area contributed by atoms with E-state index in [1.165, 1.54) is 0 Å². The maximum atomic E-state index is 9.87. The van der Waals surface area contributed by atoms with Crippen LogP contribution in [-0.2, 0) is 11.3 Å². The molecular weight excluding hydrogens is 240 g/mol. The van der Waals surface area contributed by atoms with Crippen LogP contribution in [0.1, 0.15) is 25.8 Å². The summed E-state index contributed by atoms with van der Waals surface area (Å²) >= 11 is 0. The van der Waals surface area contributed by atoms with Gasteiger partial charge < -0.3 is 14.6 Å². The van der Waals surface area contributed by atoms with Gasteiger partial charge in [-0.15, -0.1) is 0 Å². The molecule has 0 bridgehead atoms. The molecule has 1 rings (SSSR count). The molecule has 0 aliphatic carbocycles. The first-order chi connectivity index (χ1) is 9.17. The molecule has 0 unspecified atom stereocenters. The highest BCUT2D eigenvalue weighted by molar-refractivity contribution is 5.26. The summed E-state index contributed by atoms with van der Waals surface area (Å²) in [6.07, 6.45) is 4.29. The Morgan fingerprint density at radius 1 is 1.26 bits per heavy atom. The zero-order chi connectivity index (χ0) is 14.1. The fourth-order valence-electron chi connectivity index (χ4n) is 1.81. The second-order valence-electron chi connectivity index (χ2n) is 4.64. The minimum absolute atomic E-state index is 0.176. The molecule has 2 atom stereocenters. The molecule has 1 aromatic rings. The minimum Gasteiger partial charge on any atom is -0.497 e. The van der Waals surface area contributed by atoms with Crippen LogP contribution in [0.4, 0.5) is 0 Å². The monoisotopic (exact) mass is 264 g/mol. The van der Waals surface area contributed by atoms with Gasteiger partial charge in [-0.25, -0.2) is 0 Å². The van der Waals surface area contributed by atoms with Crippen LogP contribution in [0, 0.1) is 5.92 Å². The van der Waals surface area contributed by atoms with Crippen molar-refractivity contribution in [2.75, 3.05) is 13.7 Å². The zero-order valence-corrected chi connectivity index (χ0v) is 12.0. The standard InChI is InChI=1S/C16H24O3/c1-4-5-13(2)16(17)10-11-19-12-14-6-8-15(18-3)9-7-14/h4-9,13,16-17H,10-12H2,1-3H3/b5-4-/t13-,16+/m0/s1. The fraction of sp³-hybridized carbons (Fsp3) is 0.500. The van der Waals surface area contributed by atoms with E-state index in [4.69, 9.17) is 9.47 Å². The molecule has 0 aliphatic rings. The van der Waals surface area contributed by atoms with Crippen molar-refractivity contribution in [2.24, 2.45) is 5.92 Å². The van der Waals surface area contributed by atoms with Gasteiger partial charge in [0, 0.05) is 12.5 Å². The Bertz CT molecular complexity index is 370. The number of rotatable bonds is 8. The molecular formula is C16H24O3. The van der Waals surface area contributed by atoms with Crippen LogP contribution >= 0.6 is 0 Å². The van der Waals surface area contributed by atoms with E-state index in [1.807, 2.05) is 50.3 Å². The van der Waals surface area contributed by atoms with Gasteiger partial charge in [-0.1, -0.05) is 31.2 Å². The minimum atomic E-state index is -0.341. The van der Waals surface area contributed by atoms with E-state index in [9.17, 15) is 5.11 Å². The SMILES string of the molecule is C/C=C\[C@H](C)[C@H](O)CCOCc1ccc(OC)cc1. The molecule has 0 heterocycles. The van der Waals surface area contributed by atoms with Crippen LogP contribution in [0.15, 0.2) is 36.4 Å². The number of hydrogen-bond acceptors (Lipinski definition) is 3. The molecule has 1 N–H and O–H groups in total. The summed E-state index contributed by atoms with van der Waals surface area (Å²) in [6, 6.07) is 7.80. The molecule has 0 fully saturated rings. The fourth-order valence-corrected chi connectivity index (χ4v) is 1.81. The molecule has 106 valence electrons. The molecule has 1 aromatic carbocycles. The highest BCUT2D eigenvalue weighted by Gasteiger charge is 2.10. The van der Waals surface area contributed by atoms with E-state index in [-0.39, 0.29) is 12.0 Å². The Labute approximate surface area is 115 Å². The van der Waals surface area contributed by atoms with Crippen molar-refractivity contribution in [2.45, 2.75) is 33.0 Å². The molecule has 3 nitrogen and oxygen atoms in total. The third kappa shape index (κ3) is 5.90. The van der Waals surface area contributed by atoms with Crippen LogP contribution in [0.2, 0.25) is 0 Å². The largest absolute Gasteiger partial charge is 0.497 e. The summed E-state index contributed by atoms with van der Waals surface area (Å²) in [5, 5.41) is 9.87. The van der Waals surface area contributed by atoms with Gasteiger partial charge in [0.15, 0.2) is 0 Å². The average Bonchev–Trinajstić information content (AvgIpc) is 2.44. The number of methoxy groups -OCH3 is 1. The van der Waals surface area contributed by atoms with Crippen molar-refractivity contribution in [3.8, 4) is 5.75 Å². The average molecular weight is 264 g/mol. The van der Waals surface area contributed by atoms with E-state index in [0.29, 0.717) is 19.6 Å². The number of aliphatic hydroxyl groups excluding tert-OH is 1. The number of allylic oxidation sites excluding steroid dienone is 1. The van der Waals surface area contributed by atoms with Crippen molar-refractivity contribution in [3.63, 3.8) is 0 Å². The number of hydrogen-bond donors (Lipinski definition) is 1. The molecule has 0 spiro atoms. The van der Waals surface area contributed by atoms with Crippen LogP contribution in [0.25, 0.3) is 0 Å². The first-order valence-electron chi connectivity index (χ1n) is 6.69. The molecule has 0 saturated carbocycles. The molecule has 0 aliphatic heterocycles. The Morgan fingerprint density at radius 2 is 1.95 bits per heavy atom. The lowest BCUT2D eigenvalue weighted by atomic mass is 10.0. The summed E-state index contributed by atoms with van der Waals surface area (Å²) < 4.78 is 10.7. The summed E-state index contributed by atoms with van der Waals surface area (Å²) in [5.41, 5.74) is 1.11. The predicted molar refractivity (Wildman–Crippen MR) is 77.3 cm³/mol. The van der Waals surface area contributed by atoms with Crippen LogP contribution in [0.3, 0.4) is 0 Å². The van der Waals surface area contributed by atoms with Gasteiger partial charge in [-0.2, -0.15) is 0 Å². The Morgan fingerprint density at radius 3 is 2.53 bits per heavy atom. The highest BCUT2D eigenvalue weighted by Crippen LogP contribution is 2.13. The lowest BCUT2D eigenvalue weighted by Crippen LogP contribution is -2.18. The lowest BCUT2D eigenvalue weighted by molar-refractivity contribution is 0.0589. The van der Waals surface area contributed by atoms with Crippen molar-refractivity contribution >= 4 is 0 Å². The van der Waals surface area contributed by atoms with Gasteiger partial charge in [0.1, 0.15) is 5.75 Å². The third-order valence-electron chi connectivity index (χ3n) is 3.09. The molecule has 0 radical (unpaired) electrons. The molecule has 0 aromatic heterocycles. The Kier molecular flexibility index (Phi) is 7.23. The normalized spacial score (nSPS) is 14.5. The lowest BCUT2D eigenvalue weighted by Gasteiger charge is -2.15. The first kappa shape index (κ1) is 15.7. The van der Waals surface area contributed by atoms with Crippen molar-refractivity contribution < 1.29 is 14.6 Å². The maximum absolute atomic E-state index is 9.87. The highest BCUT2D eigenvalue weighted by atomic mass is 16.5. The van der Waals surface area contributed by atoms with E-state index < -0.39 is 0 Å². The van der Waals surface area contributed by atoms with Crippen molar-refractivity contribution in [3.05, 3.63) is 42.0 Å². The van der Waals surface area contributed by atoms with Crippen LogP contribution < -0.4 is 4.74 Å². The second kappa shape index (κ2) is 8.73. The topological polar surface area (TPSA) is 38.7 Å². The molecule has 0 saturated heterocycles. The summed E-state index contributed by atoms with van der Waals surface area (Å²) in [6.45, 7) is 5.10. The van der Waals surface area contributed by atoms with Crippen molar-refractivity contribution in [1.82, 2.24) is 0 Å². The molecule has 3 heteroatoms. The number of ether oxygens (including phenoxy) is 2. The Balaban J connectivity index is 2.23. The summed E-state index contributed by atoms with van der Waals surface area (Å²) in [5.74, 6) is 1.02. The second-order valence-corrected chi connectivity index (χ2v) is 4.64. The smallest absolute Gasteiger partial charge is 0.118 e. The molecule has 19 heavy (non-hydrogen) atoms. The maximum Gasteiger partial charge on any atom is 0.118 e. The quantitative estimate of drug-likeness (QED) is 0.579. The van der Waals surface area contributed by atoms with Gasteiger partial charge in [0.25, 0.3) is 0 Å². The zero-order valence-electron chi connectivity index (χ0n) is 12.0. The predicted octanol–water partition coefficient (Wildman–Crippen LogP) is 3.18.